The molecule has 1 N–H and O–H groups in total. The first kappa shape index (κ1) is 11.9. The van der Waals surface area contributed by atoms with Crippen LogP contribution >= 0.6 is 0 Å². The van der Waals surface area contributed by atoms with Gasteiger partial charge in [-0.05, 0) is 31.6 Å². The van der Waals surface area contributed by atoms with E-state index in [-0.39, 0.29) is 12.5 Å². The van der Waals surface area contributed by atoms with Gasteiger partial charge in [-0.15, -0.1) is 0 Å². The second-order valence-electron chi connectivity index (χ2n) is 5.25. The van der Waals surface area contributed by atoms with Gasteiger partial charge in [0.05, 0.1) is 6.61 Å². The van der Waals surface area contributed by atoms with Crippen LogP contribution in [0.25, 0.3) is 0 Å². The maximum atomic E-state index is 12.0. The summed E-state index contributed by atoms with van der Waals surface area (Å²) in [6, 6.07) is 0.466. The highest BCUT2D eigenvalue weighted by atomic mass is 16.3. The molecule has 3 heteroatoms. The van der Waals surface area contributed by atoms with Gasteiger partial charge in [-0.3, -0.25) is 4.79 Å². The molecule has 2 aliphatic carbocycles. The van der Waals surface area contributed by atoms with Crippen molar-refractivity contribution in [1.82, 2.24) is 4.90 Å². The zero-order valence-corrected chi connectivity index (χ0v) is 10.0. The normalized spacial score (nSPS) is 22.1. The highest BCUT2D eigenvalue weighted by Crippen LogP contribution is 2.32. The molecule has 0 aromatic heterocycles. The third-order valence-electron chi connectivity index (χ3n) is 3.81. The van der Waals surface area contributed by atoms with Crippen LogP contribution in [0.1, 0.15) is 51.4 Å². The number of rotatable bonds is 5. The number of carbonyl (C=O) groups is 1. The van der Waals surface area contributed by atoms with Gasteiger partial charge in [-0.25, -0.2) is 0 Å². The molecular weight excluding hydrogens is 202 g/mol. The summed E-state index contributed by atoms with van der Waals surface area (Å²) in [5.41, 5.74) is 0. The molecule has 0 aliphatic heterocycles. The van der Waals surface area contributed by atoms with Crippen LogP contribution < -0.4 is 0 Å². The average molecular weight is 225 g/mol. The molecule has 2 rings (SSSR count). The summed E-state index contributed by atoms with van der Waals surface area (Å²) in [6.45, 7) is 0.941. The molecule has 0 heterocycles. The number of amides is 1. The minimum Gasteiger partial charge on any atom is -0.396 e. The van der Waals surface area contributed by atoms with E-state index in [1.54, 1.807) is 0 Å². The molecule has 0 saturated heterocycles. The predicted molar refractivity (Wildman–Crippen MR) is 63.0 cm³/mol. The second kappa shape index (κ2) is 5.67. The van der Waals surface area contributed by atoms with Gasteiger partial charge in [0.2, 0.25) is 5.91 Å². The lowest BCUT2D eigenvalue weighted by Crippen LogP contribution is -2.43. The van der Waals surface area contributed by atoms with Crippen LogP contribution in [0.15, 0.2) is 0 Å². The van der Waals surface area contributed by atoms with Crippen molar-refractivity contribution >= 4 is 5.91 Å². The summed E-state index contributed by atoms with van der Waals surface area (Å²) in [4.78, 5) is 14.0. The number of nitrogens with zero attached hydrogens (tertiary/aromatic N) is 1. The van der Waals surface area contributed by atoms with Crippen molar-refractivity contribution in [3.63, 3.8) is 0 Å². The second-order valence-corrected chi connectivity index (χ2v) is 5.25. The Morgan fingerprint density at radius 2 is 1.81 bits per heavy atom. The van der Waals surface area contributed by atoms with Crippen molar-refractivity contribution in [2.24, 2.45) is 5.92 Å². The standard InChI is InChI=1S/C13H23NO2/c15-9-8-13(16)14(10-11-6-7-11)12-4-2-1-3-5-12/h11-12,15H,1-10H2. The van der Waals surface area contributed by atoms with Gasteiger partial charge >= 0.3 is 0 Å². The fourth-order valence-electron chi connectivity index (χ4n) is 2.67. The molecule has 3 nitrogen and oxygen atoms in total. The molecule has 0 aromatic rings. The SMILES string of the molecule is O=C(CCO)N(CC1CC1)C1CCCCC1. The Balaban J connectivity index is 1.91. The first-order valence-corrected chi connectivity index (χ1v) is 6.71. The zero-order valence-electron chi connectivity index (χ0n) is 10.0. The topological polar surface area (TPSA) is 40.5 Å². The van der Waals surface area contributed by atoms with Crippen molar-refractivity contribution in [2.75, 3.05) is 13.2 Å². The highest BCUT2D eigenvalue weighted by molar-refractivity contribution is 5.76. The molecule has 0 spiro atoms. The third-order valence-corrected chi connectivity index (χ3v) is 3.81. The Labute approximate surface area is 97.8 Å². The van der Waals surface area contributed by atoms with Crippen molar-refractivity contribution in [2.45, 2.75) is 57.4 Å². The lowest BCUT2D eigenvalue weighted by atomic mass is 9.93. The van der Waals surface area contributed by atoms with Gasteiger partial charge in [0.25, 0.3) is 0 Å². The summed E-state index contributed by atoms with van der Waals surface area (Å²) >= 11 is 0. The van der Waals surface area contributed by atoms with Gasteiger partial charge in [0, 0.05) is 19.0 Å². The molecule has 2 saturated carbocycles. The maximum Gasteiger partial charge on any atom is 0.225 e. The van der Waals surface area contributed by atoms with E-state index < -0.39 is 0 Å². The fourth-order valence-corrected chi connectivity index (χ4v) is 2.67. The Morgan fingerprint density at radius 1 is 1.12 bits per heavy atom. The van der Waals surface area contributed by atoms with Crippen LogP contribution in [0.4, 0.5) is 0 Å². The van der Waals surface area contributed by atoms with Gasteiger partial charge in [-0.2, -0.15) is 0 Å². The predicted octanol–water partition coefficient (Wildman–Crippen LogP) is 1.94. The number of aliphatic hydroxyl groups is 1. The number of hydrogen-bond acceptors (Lipinski definition) is 2. The van der Waals surface area contributed by atoms with Crippen molar-refractivity contribution in [3.05, 3.63) is 0 Å². The van der Waals surface area contributed by atoms with Gasteiger partial charge in [0.1, 0.15) is 0 Å². The molecule has 0 atom stereocenters. The molecular formula is C13H23NO2. The monoisotopic (exact) mass is 225 g/mol. The van der Waals surface area contributed by atoms with Crippen molar-refractivity contribution in [3.8, 4) is 0 Å². The molecule has 2 fully saturated rings. The molecule has 0 bridgehead atoms. The van der Waals surface area contributed by atoms with Crippen LogP contribution in [0, 0.1) is 5.92 Å². The van der Waals surface area contributed by atoms with Crippen LogP contribution in [0.5, 0.6) is 0 Å². The molecule has 1 amide bonds. The lowest BCUT2D eigenvalue weighted by molar-refractivity contribution is -0.135. The molecule has 16 heavy (non-hydrogen) atoms. The summed E-state index contributed by atoms with van der Waals surface area (Å²) in [5.74, 6) is 0.922. The Kier molecular flexibility index (Phi) is 4.22. The largest absolute Gasteiger partial charge is 0.396 e. The van der Waals surface area contributed by atoms with E-state index in [1.165, 1.54) is 44.9 Å². The smallest absolute Gasteiger partial charge is 0.225 e. The molecule has 0 unspecified atom stereocenters. The van der Waals surface area contributed by atoms with Crippen LogP contribution in [-0.2, 0) is 4.79 Å². The van der Waals surface area contributed by atoms with Crippen LogP contribution in [0.3, 0.4) is 0 Å². The Morgan fingerprint density at radius 3 is 2.38 bits per heavy atom. The van der Waals surface area contributed by atoms with Gasteiger partial charge in [0.15, 0.2) is 0 Å². The fraction of sp³-hybridized carbons (Fsp3) is 0.923. The lowest BCUT2D eigenvalue weighted by Gasteiger charge is -2.34. The van der Waals surface area contributed by atoms with Gasteiger partial charge < -0.3 is 10.0 Å². The first-order chi connectivity index (χ1) is 7.81. The average Bonchev–Trinajstić information content (AvgIpc) is 3.11. The van der Waals surface area contributed by atoms with Crippen LogP contribution in [0.2, 0.25) is 0 Å². The minimum absolute atomic E-state index is 0.00722. The zero-order chi connectivity index (χ0) is 11.4. The molecule has 92 valence electrons. The number of hydrogen-bond donors (Lipinski definition) is 1. The molecule has 2 aliphatic rings. The quantitative estimate of drug-likeness (QED) is 0.776. The minimum atomic E-state index is -0.00722. The highest BCUT2D eigenvalue weighted by Gasteiger charge is 2.31. The van der Waals surface area contributed by atoms with Gasteiger partial charge in [-0.1, -0.05) is 19.3 Å². The molecule has 0 radical (unpaired) electrons. The van der Waals surface area contributed by atoms with E-state index in [4.69, 9.17) is 5.11 Å². The third kappa shape index (κ3) is 3.21. The summed E-state index contributed by atoms with van der Waals surface area (Å²) in [5, 5.41) is 8.89. The Hall–Kier alpha value is -0.570. The summed E-state index contributed by atoms with van der Waals surface area (Å²) in [7, 11) is 0. The maximum absolute atomic E-state index is 12.0. The van der Waals surface area contributed by atoms with Crippen LogP contribution in [-0.4, -0.2) is 35.1 Å². The van der Waals surface area contributed by atoms with E-state index in [2.05, 4.69) is 4.90 Å². The van der Waals surface area contributed by atoms with E-state index in [1.807, 2.05) is 0 Å². The van der Waals surface area contributed by atoms with Crippen molar-refractivity contribution in [1.29, 1.82) is 0 Å². The first-order valence-electron chi connectivity index (χ1n) is 6.71. The summed E-state index contributed by atoms with van der Waals surface area (Å²) in [6.07, 6.45) is 9.07. The van der Waals surface area contributed by atoms with E-state index in [0.717, 1.165) is 12.5 Å². The summed E-state index contributed by atoms with van der Waals surface area (Å²) < 4.78 is 0. The van der Waals surface area contributed by atoms with E-state index in [0.29, 0.717) is 12.5 Å². The Bertz CT molecular complexity index is 232. The van der Waals surface area contributed by atoms with Crippen molar-refractivity contribution < 1.29 is 9.90 Å². The number of aliphatic hydroxyl groups excluding tert-OH is 1. The van der Waals surface area contributed by atoms with E-state index >= 15 is 0 Å². The number of carbonyl (C=O) groups excluding carboxylic acids is 1. The molecule has 0 aromatic carbocycles. The van der Waals surface area contributed by atoms with E-state index in [9.17, 15) is 4.79 Å².